The van der Waals surface area contributed by atoms with E-state index in [1.807, 2.05) is 17.5 Å². The van der Waals surface area contributed by atoms with Gasteiger partial charge >= 0.3 is 0 Å². The van der Waals surface area contributed by atoms with Crippen molar-refractivity contribution in [1.82, 2.24) is 19.4 Å². The largest absolute Gasteiger partial charge is 0.346 e. The Morgan fingerprint density at radius 3 is 2.87 bits per heavy atom. The molecular weight excluding hydrogens is 396 g/mol. The molecule has 0 atom stereocenters. The number of H-pyrrole nitrogens is 1. The molecule has 0 aliphatic heterocycles. The maximum absolute atomic E-state index is 12.6. The number of carbonyl (C=O) groups excluding carboxylic acids is 1. The van der Waals surface area contributed by atoms with Crippen molar-refractivity contribution in [3.63, 3.8) is 0 Å². The second-order valence-corrected chi connectivity index (χ2v) is 9.08. The van der Waals surface area contributed by atoms with E-state index in [9.17, 15) is 9.59 Å². The van der Waals surface area contributed by atoms with Gasteiger partial charge in [-0.25, -0.2) is 4.98 Å². The van der Waals surface area contributed by atoms with Crippen molar-refractivity contribution >= 4 is 33.5 Å². The minimum Gasteiger partial charge on any atom is -0.346 e. The van der Waals surface area contributed by atoms with Crippen molar-refractivity contribution in [3.8, 4) is 0 Å². The first-order valence-electron chi connectivity index (χ1n) is 10.5. The molecular formula is C23H28N4O2S. The average Bonchev–Trinajstić information content (AvgIpc) is 3.31. The average molecular weight is 425 g/mol. The number of nitrogens with one attached hydrogen (secondary N) is 1. The summed E-state index contributed by atoms with van der Waals surface area (Å²) in [6.45, 7) is 4.54. The van der Waals surface area contributed by atoms with Crippen LogP contribution in [0.15, 0.2) is 28.4 Å². The number of fused-ring (bicyclic) bond motifs is 1. The van der Waals surface area contributed by atoms with Gasteiger partial charge in [0, 0.05) is 30.6 Å². The summed E-state index contributed by atoms with van der Waals surface area (Å²) in [5, 5.41) is 1.85. The molecule has 0 saturated heterocycles. The Balaban J connectivity index is 1.47. The van der Waals surface area contributed by atoms with Crippen molar-refractivity contribution in [1.29, 1.82) is 0 Å². The summed E-state index contributed by atoms with van der Waals surface area (Å²) in [4.78, 5) is 33.5. The predicted octanol–water partition coefficient (Wildman–Crippen LogP) is 4.58. The summed E-state index contributed by atoms with van der Waals surface area (Å²) in [6, 6.07) is 4.56. The highest BCUT2D eigenvalue weighted by atomic mass is 32.1. The van der Waals surface area contributed by atoms with Crippen molar-refractivity contribution < 1.29 is 4.79 Å². The fourth-order valence-corrected chi connectivity index (χ4v) is 5.19. The second kappa shape index (κ2) is 8.60. The number of hydrogen-bond acceptors (Lipinski definition) is 4. The van der Waals surface area contributed by atoms with Gasteiger partial charge in [0.25, 0.3) is 5.56 Å². The molecule has 0 spiro atoms. The topological polar surface area (TPSA) is 71.0 Å². The molecule has 7 heteroatoms. The van der Waals surface area contributed by atoms with E-state index < -0.39 is 0 Å². The van der Waals surface area contributed by atoms with Gasteiger partial charge in [-0.2, -0.15) is 0 Å². The Morgan fingerprint density at radius 2 is 2.10 bits per heavy atom. The van der Waals surface area contributed by atoms with E-state index in [2.05, 4.69) is 34.4 Å². The monoisotopic (exact) mass is 424 g/mol. The third-order valence-corrected chi connectivity index (χ3v) is 6.90. The lowest BCUT2D eigenvalue weighted by molar-refractivity contribution is -0.125. The molecule has 1 amide bonds. The van der Waals surface area contributed by atoms with E-state index in [0.29, 0.717) is 22.1 Å². The molecule has 1 aliphatic rings. The van der Waals surface area contributed by atoms with Gasteiger partial charge in [0.2, 0.25) is 5.91 Å². The molecule has 30 heavy (non-hydrogen) atoms. The van der Waals surface area contributed by atoms with E-state index in [4.69, 9.17) is 0 Å². The maximum atomic E-state index is 12.6. The fourth-order valence-electron chi connectivity index (χ4n) is 4.46. The van der Waals surface area contributed by atoms with E-state index in [1.165, 1.54) is 54.8 Å². The highest BCUT2D eigenvalue weighted by molar-refractivity contribution is 7.17. The highest BCUT2D eigenvalue weighted by Crippen LogP contribution is 2.32. The fraction of sp³-hybridized carbons (Fsp3) is 0.435. The number of aryl methyl sites for hydroxylation is 1. The molecule has 4 rings (SSSR count). The number of hydrogen-bond donors (Lipinski definition) is 1. The zero-order valence-electron chi connectivity index (χ0n) is 17.8. The molecule has 0 bridgehead atoms. The summed E-state index contributed by atoms with van der Waals surface area (Å²) in [7, 11) is 1.72. The van der Waals surface area contributed by atoms with E-state index in [-0.39, 0.29) is 18.0 Å². The first-order valence-corrected chi connectivity index (χ1v) is 11.4. The lowest BCUT2D eigenvalue weighted by atomic mass is 9.95. The molecule has 1 aliphatic carbocycles. The number of thiophene rings is 1. The van der Waals surface area contributed by atoms with Gasteiger partial charge in [0.1, 0.15) is 10.5 Å². The predicted molar refractivity (Wildman–Crippen MR) is 122 cm³/mol. The maximum Gasteiger partial charge on any atom is 0.268 e. The summed E-state index contributed by atoms with van der Waals surface area (Å²) in [6.07, 6.45) is 9.91. The molecule has 1 saturated carbocycles. The van der Waals surface area contributed by atoms with Crippen LogP contribution in [-0.2, 0) is 11.3 Å². The molecule has 0 unspecified atom stereocenters. The summed E-state index contributed by atoms with van der Waals surface area (Å²) < 4.78 is 3.05. The summed E-state index contributed by atoms with van der Waals surface area (Å²) in [5.74, 6) is 0.371. The molecule has 3 aromatic heterocycles. The van der Waals surface area contributed by atoms with Crippen LogP contribution in [0, 0.1) is 13.8 Å². The number of likely N-dealkylation sites (N-methyl/N-ethyl adjacent to an activating group) is 1. The number of aromatic amines is 1. The Hall–Kier alpha value is -2.67. The number of amides is 1. The zero-order valence-corrected chi connectivity index (χ0v) is 18.6. The minimum atomic E-state index is -0.156. The van der Waals surface area contributed by atoms with E-state index >= 15 is 0 Å². The molecule has 3 heterocycles. The van der Waals surface area contributed by atoms with Crippen LogP contribution in [0.4, 0.5) is 0 Å². The number of aromatic nitrogens is 3. The lowest BCUT2D eigenvalue weighted by Crippen LogP contribution is -2.26. The Kier molecular flexibility index (Phi) is 5.90. The second-order valence-electron chi connectivity index (χ2n) is 8.16. The summed E-state index contributed by atoms with van der Waals surface area (Å²) >= 11 is 1.37. The van der Waals surface area contributed by atoms with Crippen LogP contribution in [0.25, 0.3) is 16.3 Å². The zero-order chi connectivity index (χ0) is 21.3. The van der Waals surface area contributed by atoms with Gasteiger partial charge in [-0.15, -0.1) is 11.3 Å². The first kappa shape index (κ1) is 20.6. The highest BCUT2D eigenvalue weighted by Gasteiger charge is 2.19. The van der Waals surface area contributed by atoms with Crippen molar-refractivity contribution in [2.75, 3.05) is 7.05 Å². The van der Waals surface area contributed by atoms with Gasteiger partial charge in [-0.05, 0) is 55.8 Å². The number of carbonyl (C=O) groups is 1. The quantitative estimate of drug-likeness (QED) is 0.610. The lowest BCUT2D eigenvalue weighted by Gasteiger charge is -2.26. The number of nitrogens with zero attached hydrogens (tertiary/aromatic N) is 3. The third kappa shape index (κ3) is 4.12. The smallest absolute Gasteiger partial charge is 0.268 e. The molecule has 1 fully saturated rings. The normalized spacial score (nSPS) is 15.3. The third-order valence-electron chi connectivity index (χ3n) is 6.00. The summed E-state index contributed by atoms with van der Waals surface area (Å²) in [5.41, 5.74) is 4.08. The molecule has 1 N–H and O–H groups in total. The van der Waals surface area contributed by atoms with E-state index in [1.54, 1.807) is 18.0 Å². The van der Waals surface area contributed by atoms with Crippen molar-refractivity contribution in [2.45, 2.75) is 58.5 Å². The van der Waals surface area contributed by atoms with Gasteiger partial charge in [-0.1, -0.05) is 19.3 Å². The van der Waals surface area contributed by atoms with Crippen LogP contribution >= 0.6 is 11.3 Å². The molecule has 158 valence electrons. The molecule has 0 radical (unpaired) electrons. The van der Waals surface area contributed by atoms with Gasteiger partial charge < -0.3 is 14.5 Å². The Bertz CT molecular complexity index is 1150. The minimum absolute atomic E-state index is 0.120. The van der Waals surface area contributed by atoms with Gasteiger partial charge in [-0.3, -0.25) is 9.59 Å². The number of rotatable bonds is 5. The van der Waals surface area contributed by atoms with Gasteiger partial charge in [0.05, 0.1) is 12.1 Å². The first-order chi connectivity index (χ1) is 14.4. The van der Waals surface area contributed by atoms with Crippen LogP contribution < -0.4 is 5.56 Å². The van der Waals surface area contributed by atoms with Crippen molar-refractivity contribution in [2.24, 2.45) is 0 Å². The van der Waals surface area contributed by atoms with Crippen LogP contribution in [0.3, 0.4) is 0 Å². The van der Waals surface area contributed by atoms with Gasteiger partial charge in [0.15, 0.2) is 0 Å². The van der Waals surface area contributed by atoms with Crippen LogP contribution in [0.5, 0.6) is 0 Å². The van der Waals surface area contributed by atoms with Crippen LogP contribution in [-0.4, -0.2) is 32.4 Å². The Morgan fingerprint density at radius 1 is 1.33 bits per heavy atom. The van der Waals surface area contributed by atoms with Crippen molar-refractivity contribution in [3.05, 3.63) is 56.7 Å². The molecule has 3 aromatic rings. The van der Waals surface area contributed by atoms with Crippen LogP contribution in [0.1, 0.15) is 60.9 Å². The molecule has 6 nitrogen and oxygen atoms in total. The standard InChI is InChI=1S/C23H28N4O2S/c1-15-13-17(16(2)27(15)18-7-5-4-6-8-18)9-10-21(28)26(3)14-20-24-19-11-12-30-22(19)23(29)25-20/h9-13,18H,4-8,14H2,1-3H3,(H,24,25,29)/b10-9+. The SMILES string of the molecule is Cc1cc(/C=C/C(=O)N(C)Cc2nc3ccsc3c(=O)[nH]2)c(C)n1C1CCCCC1. The Labute approximate surface area is 180 Å². The molecule has 0 aromatic carbocycles. The van der Waals surface area contributed by atoms with Crippen LogP contribution in [0.2, 0.25) is 0 Å². The van der Waals surface area contributed by atoms with E-state index in [0.717, 1.165) is 5.56 Å².